The molecule has 3 aromatic carbocycles. The first-order valence-corrected chi connectivity index (χ1v) is 12.5. The third kappa shape index (κ3) is 7.20. The van der Waals surface area contributed by atoms with Crippen LogP contribution in [-0.2, 0) is 24.5 Å². The van der Waals surface area contributed by atoms with Crippen molar-refractivity contribution >= 4 is 11.7 Å². The van der Waals surface area contributed by atoms with E-state index in [1.807, 2.05) is 48.5 Å². The number of nitriles is 1. The van der Waals surface area contributed by atoms with Gasteiger partial charge >= 0.3 is 5.97 Å². The van der Waals surface area contributed by atoms with Crippen molar-refractivity contribution in [3.63, 3.8) is 0 Å². The summed E-state index contributed by atoms with van der Waals surface area (Å²) in [6.07, 6.45) is 3.12. The average Bonchev–Trinajstić information content (AvgIpc) is 2.97. The second-order valence-electron chi connectivity index (χ2n) is 9.08. The second-order valence-corrected chi connectivity index (χ2v) is 9.08. The van der Waals surface area contributed by atoms with Crippen LogP contribution < -0.4 is 15.4 Å². The summed E-state index contributed by atoms with van der Waals surface area (Å²) in [6, 6.07) is 24.9. The summed E-state index contributed by atoms with van der Waals surface area (Å²) in [4.78, 5) is 15.4. The van der Waals surface area contributed by atoms with E-state index in [1.165, 1.54) is 6.20 Å². The van der Waals surface area contributed by atoms with Crippen LogP contribution in [0.5, 0.6) is 5.75 Å². The minimum atomic E-state index is -1.13. The van der Waals surface area contributed by atoms with Crippen molar-refractivity contribution < 1.29 is 19.7 Å². The number of carboxylic acids is 1. The standard InChI is InChI=1S/C31H30N4O4/c1-21-27(25-6-3-2-4-7-25)8-5-9-28(21)34-17-22-10-11-26(18-35-29(19-36)31(37)38)30(13-22)39-20-24-12-23(14-32)15-33-16-24/h2-13,15-16,29,34-36H,17-20H2,1H3,(H,37,38). The summed E-state index contributed by atoms with van der Waals surface area (Å²) in [5.41, 5.74) is 7.38. The van der Waals surface area contributed by atoms with E-state index >= 15 is 0 Å². The quantitative estimate of drug-likeness (QED) is 0.212. The maximum atomic E-state index is 11.3. The smallest absolute Gasteiger partial charge is 0.323 e. The summed E-state index contributed by atoms with van der Waals surface area (Å²) in [5, 5.41) is 34.2. The van der Waals surface area contributed by atoms with Crippen molar-refractivity contribution in [3.05, 3.63) is 113 Å². The van der Waals surface area contributed by atoms with Crippen molar-refractivity contribution in [2.24, 2.45) is 0 Å². The summed E-state index contributed by atoms with van der Waals surface area (Å²) in [5.74, 6) is -0.561. The molecule has 198 valence electrons. The molecule has 4 N–H and O–H groups in total. The van der Waals surface area contributed by atoms with Gasteiger partial charge in [0.25, 0.3) is 0 Å². The van der Waals surface area contributed by atoms with E-state index in [0.717, 1.165) is 39.1 Å². The summed E-state index contributed by atoms with van der Waals surface area (Å²) < 4.78 is 6.12. The average molecular weight is 523 g/mol. The van der Waals surface area contributed by atoms with Gasteiger partial charge in [0, 0.05) is 42.3 Å². The molecule has 0 aliphatic carbocycles. The van der Waals surface area contributed by atoms with Crippen LogP contribution in [0.3, 0.4) is 0 Å². The van der Waals surface area contributed by atoms with Crippen molar-refractivity contribution in [1.29, 1.82) is 5.26 Å². The highest BCUT2D eigenvalue weighted by molar-refractivity contribution is 5.74. The fourth-order valence-corrected chi connectivity index (χ4v) is 4.20. The van der Waals surface area contributed by atoms with Crippen LogP contribution in [-0.4, -0.2) is 33.8 Å². The topological polar surface area (TPSA) is 128 Å². The van der Waals surface area contributed by atoms with Crippen LogP contribution in [0.25, 0.3) is 11.1 Å². The lowest BCUT2D eigenvalue weighted by atomic mass is 9.99. The van der Waals surface area contributed by atoms with Gasteiger partial charge in [0.05, 0.1) is 12.2 Å². The molecule has 0 fully saturated rings. The van der Waals surface area contributed by atoms with Crippen LogP contribution in [0.4, 0.5) is 5.69 Å². The van der Waals surface area contributed by atoms with Crippen LogP contribution in [0, 0.1) is 18.3 Å². The summed E-state index contributed by atoms with van der Waals surface area (Å²) in [7, 11) is 0. The van der Waals surface area contributed by atoms with E-state index in [2.05, 4.69) is 46.8 Å². The lowest BCUT2D eigenvalue weighted by molar-refractivity contribution is -0.140. The number of hydrogen-bond donors (Lipinski definition) is 4. The lowest BCUT2D eigenvalue weighted by Crippen LogP contribution is -2.39. The van der Waals surface area contributed by atoms with E-state index in [0.29, 0.717) is 17.9 Å². The molecule has 1 heterocycles. The Hall–Kier alpha value is -4.71. The zero-order chi connectivity index (χ0) is 27.6. The highest BCUT2D eigenvalue weighted by Gasteiger charge is 2.16. The minimum Gasteiger partial charge on any atom is -0.489 e. The van der Waals surface area contributed by atoms with Gasteiger partial charge in [0.15, 0.2) is 0 Å². The van der Waals surface area contributed by atoms with Crippen molar-refractivity contribution in [2.75, 3.05) is 11.9 Å². The molecular formula is C31H30N4O4. The number of benzene rings is 3. The normalized spacial score (nSPS) is 11.4. The van der Waals surface area contributed by atoms with Gasteiger partial charge in [-0.15, -0.1) is 0 Å². The number of nitrogens with one attached hydrogen (secondary N) is 2. The molecule has 8 heteroatoms. The van der Waals surface area contributed by atoms with E-state index in [1.54, 1.807) is 12.3 Å². The number of anilines is 1. The van der Waals surface area contributed by atoms with Gasteiger partial charge in [-0.25, -0.2) is 0 Å². The number of aromatic nitrogens is 1. The molecule has 8 nitrogen and oxygen atoms in total. The third-order valence-electron chi connectivity index (χ3n) is 6.37. The van der Waals surface area contributed by atoms with Gasteiger partial charge in [0.2, 0.25) is 0 Å². The van der Waals surface area contributed by atoms with E-state index < -0.39 is 18.6 Å². The molecule has 1 aromatic heterocycles. The van der Waals surface area contributed by atoms with E-state index in [9.17, 15) is 15.0 Å². The molecule has 0 radical (unpaired) electrons. The highest BCUT2D eigenvalue weighted by Crippen LogP contribution is 2.29. The Morgan fingerprint density at radius 2 is 1.85 bits per heavy atom. The zero-order valence-electron chi connectivity index (χ0n) is 21.6. The number of rotatable bonds is 12. The first kappa shape index (κ1) is 27.3. The number of aliphatic carboxylic acids is 1. The summed E-state index contributed by atoms with van der Waals surface area (Å²) >= 11 is 0. The predicted octanol–water partition coefficient (Wildman–Crippen LogP) is 4.65. The Kier molecular flexibility index (Phi) is 9.25. The van der Waals surface area contributed by atoms with Gasteiger partial charge in [-0.1, -0.05) is 54.6 Å². The molecule has 1 unspecified atom stereocenters. The molecule has 1 atom stereocenters. The minimum absolute atomic E-state index is 0.187. The van der Waals surface area contributed by atoms with Crippen molar-refractivity contribution in [3.8, 4) is 22.9 Å². The molecule has 0 saturated carbocycles. The van der Waals surface area contributed by atoms with Gasteiger partial charge in [0.1, 0.15) is 24.5 Å². The highest BCUT2D eigenvalue weighted by atomic mass is 16.5. The van der Waals surface area contributed by atoms with Crippen LogP contribution >= 0.6 is 0 Å². The Balaban J connectivity index is 1.53. The monoisotopic (exact) mass is 522 g/mol. The van der Waals surface area contributed by atoms with Crippen molar-refractivity contribution in [2.45, 2.75) is 32.7 Å². The predicted molar refractivity (Wildman–Crippen MR) is 149 cm³/mol. The molecule has 4 aromatic rings. The van der Waals surface area contributed by atoms with Crippen LogP contribution in [0.1, 0.15) is 27.8 Å². The Morgan fingerprint density at radius 3 is 2.59 bits per heavy atom. The summed E-state index contributed by atoms with van der Waals surface area (Å²) in [6.45, 7) is 2.49. The van der Waals surface area contributed by atoms with Gasteiger partial charge in [-0.05, 0) is 47.4 Å². The number of carbonyl (C=O) groups is 1. The van der Waals surface area contributed by atoms with Crippen LogP contribution in [0.15, 0.2) is 85.2 Å². The number of hydrogen-bond acceptors (Lipinski definition) is 7. The molecule has 4 rings (SSSR count). The third-order valence-corrected chi connectivity index (χ3v) is 6.37. The first-order chi connectivity index (χ1) is 19.0. The van der Waals surface area contributed by atoms with Gasteiger partial charge in [-0.3, -0.25) is 15.1 Å². The van der Waals surface area contributed by atoms with Crippen LogP contribution in [0.2, 0.25) is 0 Å². The zero-order valence-corrected chi connectivity index (χ0v) is 21.6. The molecular weight excluding hydrogens is 492 g/mol. The Morgan fingerprint density at radius 1 is 1.03 bits per heavy atom. The lowest BCUT2D eigenvalue weighted by Gasteiger charge is -2.17. The Bertz CT molecular complexity index is 1470. The molecule has 0 bridgehead atoms. The fraction of sp³-hybridized carbons (Fsp3) is 0.194. The maximum Gasteiger partial charge on any atom is 0.323 e. The number of nitrogens with zero attached hydrogens (tertiary/aromatic N) is 2. The number of carboxylic acid groups (broad SMARTS) is 1. The Labute approximate surface area is 227 Å². The molecule has 0 aliphatic heterocycles. The SMILES string of the molecule is Cc1c(NCc2ccc(CNC(CO)C(=O)O)c(OCc3cncc(C#N)c3)c2)cccc1-c1ccccc1. The second kappa shape index (κ2) is 13.2. The molecule has 39 heavy (non-hydrogen) atoms. The number of aliphatic hydroxyl groups excluding tert-OH is 1. The number of aliphatic hydroxyl groups is 1. The van der Waals surface area contributed by atoms with Gasteiger partial charge < -0.3 is 20.3 Å². The maximum absolute atomic E-state index is 11.3. The van der Waals surface area contributed by atoms with Crippen molar-refractivity contribution in [1.82, 2.24) is 10.3 Å². The molecule has 0 aliphatic rings. The fourth-order valence-electron chi connectivity index (χ4n) is 4.20. The molecule has 0 saturated heterocycles. The molecule has 0 amide bonds. The van der Waals surface area contributed by atoms with Gasteiger partial charge in [-0.2, -0.15) is 5.26 Å². The first-order valence-electron chi connectivity index (χ1n) is 12.5. The van der Waals surface area contributed by atoms with E-state index in [-0.39, 0.29) is 13.2 Å². The number of pyridine rings is 1. The van der Waals surface area contributed by atoms with E-state index in [4.69, 9.17) is 10.00 Å². The largest absolute Gasteiger partial charge is 0.489 e. The molecule has 0 spiro atoms. The number of ether oxygens (including phenoxy) is 1.